The van der Waals surface area contributed by atoms with Crippen molar-refractivity contribution in [3.8, 4) is 0 Å². The lowest BCUT2D eigenvalue weighted by atomic mass is 9.87. The van der Waals surface area contributed by atoms with Gasteiger partial charge in [0.2, 0.25) is 0 Å². The van der Waals surface area contributed by atoms with Gasteiger partial charge in [-0.05, 0) is 114 Å². The molecule has 0 heterocycles. The van der Waals surface area contributed by atoms with Crippen LogP contribution in [0.5, 0.6) is 0 Å². The molecule has 272 valence electrons. The van der Waals surface area contributed by atoms with Crippen LogP contribution in [0.3, 0.4) is 0 Å². The van der Waals surface area contributed by atoms with Gasteiger partial charge in [0.25, 0.3) is 0 Å². The van der Waals surface area contributed by atoms with Gasteiger partial charge in [0.05, 0.1) is 0 Å². The van der Waals surface area contributed by atoms with E-state index in [9.17, 15) is 0 Å². The number of hydrogen-bond donors (Lipinski definition) is 0. The minimum atomic E-state index is -4.33. The number of benzene rings is 4. The van der Waals surface area contributed by atoms with Crippen LogP contribution >= 0.6 is 10.3 Å². The molecule has 0 atom stereocenters. The molecule has 4 aromatic carbocycles. The molecule has 0 saturated heterocycles. The van der Waals surface area contributed by atoms with Crippen molar-refractivity contribution in [2.45, 2.75) is 157 Å². The van der Waals surface area contributed by atoms with Gasteiger partial charge in [0.1, 0.15) is 4.90 Å². The van der Waals surface area contributed by atoms with E-state index >= 15 is 8.42 Å². The first-order valence-electron chi connectivity index (χ1n) is 18.2. The van der Waals surface area contributed by atoms with E-state index in [1.54, 1.807) is 0 Å². The summed E-state index contributed by atoms with van der Waals surface area (Å²) in [4.78, 5) is 2.85. The van der Waals surface area contributed by atoms with Crippen molar-refractivity contribution in [3.05, 3.63) is 118 Å². The summed E-state index contributed by atoms with van der Waals surface area (Å²) < 4.78 is 37.8. The van der Waals surface area contributed by atoms with Crippen molar-refractivity contribution in [1.82, 2.24) is 0 Å². The Balaban J connectivity index is 2.16. The van der Waals surface area contributed by atoms with Gasteiger partial charge in [-0.15, -0.1) is 0 Å². The number of hydrogen-bond acceptors (Lipinski definition) is 3. The van der Waals surface area contributed by atoms with E-state index in [0.29, 0.717) is 4.90 Å². The van der Waals surface area contributed by atoms with Crippen LogP contribution in [-0.4, -0.2) is 8.42 Å². The summed E-state index contributed by atoms with van der Waals surface area (Å²) in [5.74, 6) is 0.218. The summed E-state index contributed by atoms with van der Waals surface area (Å²) in [5.41, 5.74) is 6.09. The van der Waals surface area contributed by atoms with E-state index in [0.717, 1.165) is 31.4 Å². The molecule has 0 radical (unpaired) electrons. The predicted octanol–water partition coefficient (Wildman–Crippen LogP) is 13.6. The third-order valence-electron chi connectivity index (χ3n) is 9.68. The maximum Gasteiger partial charge on any atom is 0.307 e. The van der Waals surface area contributed by atoms with Crippen molar-refractivity contribution in [2.75, 3.05) is 0 Å². The average Bonchev–Trinajstić information content (AvgIpc) is 3.02. The van der Waals surface area contributed by atoms with Crippen molar-refractivity contribution < 1.29 is 12.0 Å². The largest absolute Gasteiger partial charge is 0.307 e. The zero-order valence-corrected chi connectivity index (χ0v) is 35.0. The van der Waals surface area contributed by atoms with E-state index in [1.807, 2.05) is 0 Å². The van der Waals surface area contributed by atoms with Crippen LogP contribution in [0, 0.1) is 0 Å². The molecular weight excluding hydrogens is 653 g/mol. The minimum Gasteiger partial charge on any atom is -0.203 e. The monoisotopic (exact) mass is 714 g/mol. The van der Waals surface area contributed by atoms with Gasteiger partial charge in [0, 0.05) is 14.7 Å². The first-order valence-corrected chi connectivity index (χ1v) is 21.1. The molecule has 0 unspecified atom stereocenters. The fourth-order valence-corrected chi connectivity index (χ4v) is 12.1. The Kier molecular flexibility index (Phi) is 11.4. The molecule has 0 aromatic heterocycles. The summed E-state index contributed by atoms with van der Waals surface area (Å²) in [6.07, 6.45) is 0. The normalized spacial score (nSPS) is 13.8. The molecule has 0 bridgehead atoms. The molecule has 5 heteroatoms. The first kappa shape index (κ1) is 39.9. The third kappa shape index (κ3) is 8.27. The lowest BCUT2D eigenvalue weighted by Crippen LogP contribution is -2.19. The Hall–Kier alpha value is -2.86. The molecule has 0 fully saturated rings. The standard InChI is InChI=1S/C45H62O3S2/c1-30(2)33-28-40(31(3)4)42(41(29-33)32(5)6)50(46,47)48-49(37-22-16-34(17-23-37)43(7,8)9,38-24-18-35(19-25-38)44(10,11)12)39-26-20-36(21-27-39)45(13,14)15/h16-32H,1-15H3. The highest BCUT2D eigenvalue weighted by Crippen LogP contribution is 2.71. The fraction of sp³-hybridized carbons (Fsp3) is 0.467. The van der Waals surface area contributed by atoms with E-state index in [-0.39, 0.29) is 34.0 Å². The maximum absolute atomic E-state index is 15.4. The quantitative estimate of drug-likeness (QED) is 0.173. The zero-order chi connectivity index (χ0) is 37.6. The molecule has 4 aromatic rings. The van der Waals surface area contributed by atoms with Gasteiger partial charge in [-0.1, -0.05) is 152 Å². The van der Waals surface area contributed by atoms with Crippen LogP contribution in [0.2, 0.25) is 0 Å². The van der Waals surface area contributed by atoms with Gasteiger partial charge in [-0.2, -0.15) is 8.42 Å². The van der Waals surface area contributed by atoms with Crippen LogP contribution in [0.1, 0.15) is 155 Å². The summed E-state index contributed by atoms with van der Waals surface area (Å²) >= 11 is 0. The topological polar surface area (TPSA) is 43.4 Å². The SMILES string of the molecule is CC(C)c1cc(C(C)C)c(S(=O)(=O)OS(c2ccc(C(C)(C)C)cc2)(c2ccc(C(C)(C)C)cc2)c2ccc(C(C)(C)C)cc2)c(C(C)C)c1. The predicted molar refractivity (Wildman–Crippen MR) is 215 cm³/mol. The van der Waals surface area contributed by atoms with Gasteiger partial charge < -0.3 is 0 Å². The van der Waals surface area contributed by atoms with Crippen LogP contribution in [0.25, 0.3) is 0 Å². The van der Waals surface area contributed by atoms with Crippen LogP contribution in [0.4, 0.5) is 0 Å². The molecule has 0 N–H and O–H groups in total. The second kappa shape index (κ2) is 14.3. The molecule has 0 aliphatic heterocycles. The summed E-state index contributed by atoms with van der Waals surface area (Å²) in [6.45, 7) is 32.4. The first-order chi connectivity index (χ1) is 22.9. The highest BCUT2D eigenvalue weighted by molar-refractivity contribution is 8.33. The Labute approximate surface area is 306 Å². The Bertz CT molecular complexity index is 1710. The second-order valence-corrected chi connectivity index (χ2v) is 22.3. The molecule has 0 aliphatic rings. The van der Waals surface area contributed by atoms with Gasteiger partial charge >= 0.3 is 10.1 Å². The molecular formula is C45H62O3S2. The van der Waals surface area contributed by atoms with Crippen molar-refractivity contribution in [3.63, 3.8) is 0 Å². The maximum atomic E-state index is 15.4. The Morgan fingerprint density at radius 1 is 0.460 bits per heavy atom. The molecule has 0 spiro atoms. The second-order valence-electron chi connectivity index (χ2n) is 17.9. The third-order valence-corrected chi connectivity index (χ3v) is 15.0. The highest BCUT2D eigenvalue weighted by Gasteiger charge is 2.41. The molecule has 50 heavy (non-hydrogen) atoms. The highest BCUT2D eigenvalue weighted by atomic mass is 32.3. The smallest absolute Gasteiger partial charge is 0.203 e. The number of rotatable bonds is 9. The molecule has 0 amide bonds. The summed E-state index contributed by atoms with van der Waals surface area (Å²) in [6, 6.07) is 29.5. The lowest BCUT2D eigenvalue weighted by molar-refractivity contribution is 0.503. The van der Waals surface area contributed by atoms with Gasteiger partial charge in [0.15, 0.2) is 0 Å². The fourth-order valence-electron chi connectivity index (χ4n) is 6.31. The Morgan fingerprint density at radius 3 is 0.960 bits per heavy atom. The van der Waals surface area contributed by atoms with Gasteiger partial charge in [-0.3, -0.25) is 0 Å². The van der Waals surface area contributed by atoms with Crippen molar-refractivity contribution in [2.24, 2.45) is 0 Å². The van der Waals surface area contributed by atoms with E-state index in [4.69, 9.17) is 3.63 Å². The zero-order valence-electron chi connectivity index (χ0n) is 33.4. The van der Waals surface area contributed by atoms with E-state index in [2.05, 4.69) is 189 Å². The Morgan fingerprint density at radius 2 is 0.740 bits per heavy atom. The van der Waals surface area contributed by atoms with Crippen LogP contribution < -0.4 is 0 Å². The van der Waals surface area contributed by atoms with Crippen molar-refractivity contribution >= 4 is 20.4 Å². The van der Waals surface area contributed by atoms with E-state index in [1.165, 1.54) is 16.7 Å². The molecule has 3 nitrogen and oxygen atoms in total. The van der Waals surface area contributed by atoms with Crippen molar-refractivity contribution in [1.29, 1.82) is 0 Å². The van der Waals surface area contributed by atoms with Crippen LogP contribution in [0.15, 0.2) is 105 Å². The van der Waals surface area contributed by atoms with E-state index < -0.39 is 20.4 Å². The summed E-state index contributed by atoms with van der Waals surface area (Å²) in [7, 11) is -7.16. The average molecular weight is 715 g/mol. The van der Waals surface area contributed by atoms with Gasteiger partial charge in [-0.25, -0.2) is 3.63 Å². The molecule has 0 aliphatic carbocycles. The van der Waals surface area contributed by atoms with Crippen LogP contribution in [-0.2, 0) is 30.0 Å². The minimum absolute atomic E-state index is 0.0211. The molecule has 0 saturated carbocycles. The lowest BCUT2D eigenvalue weighted by Gasteiger charge is -2.41. The summed E-state index contributed by atoms with van der Waals surface area (Å²) in [5, 5.41) is 0. The molecule has 4 rings (SSSR count).